The minimum Gasteiger partial charge on any atom is -0.457 e. The third-order valence-corrected chi connectivity index (χ3v) is 3.38. The number of pyridine rings is 1. The lowest BCUT2D eigenvalue weighted by atomic mass is 10.2. The Hall–Kier alpha value is -1.46. The summed E-state index contributed by atoms with van der Waals surface area (Å²) in [7, 11) is 0. The van der Waals surface area contributed by atoms with Crippen molar-refractivity contribution in [3.63, 3.8) is 0 Å². The predicted molar refractivity (Wildman–Crippen MR) is 85.0 cm³/mol. The van der Waals surface area contributed by atoms with E-state index in [0.29, 0.717) is 28.4 Å². The normalized spacial score (nSPS) is 10.9. The van der Waals surface area contributed by atoms with E-state index < -0.39 is 0 Å². The van der Waals surface area contributed by atoms with Gasteiger partial charge in [0.1, 0.15) is 17.3 Å². The Balaban J connectivity index is 2.01. The molecule has 1 N–H and O–H groups in total. The number of ether oxygens (including phenoxy) is 1. The van der Waals surface area contributed by atoms with E-state index in [1.165, 1.54) is 6.07 Å². The number of rotatable bonds is 6. The van der Waals surface area contributed by atoms with Gasteiger partial charge in [-0.1, -0.05) is 13.8 Å². The lowest BCUT2D eigenvalue weighted by Gasteiger charge is -2.09. The SMILES string of the molecule is CC(C)CNCc1cc(Oc2ccc(F)c(Br)c2)ccn1. The fourth-order valence-electron chi connectivity index (χ4n) is 1.78. The molecule has 3 nitrogen and oxygen atoms in total. The van der Waals surface area contributed by atoms with Crippen LogP contribution in [-0.4, -0.2) is 11.5 Å². The molecule has 2 rings (SSSR count). The lowest BCUT2D eigenvalue weighted by Crippen LogP contribution is -2.19. The van der Waals surface area contributed by atoms with Gasteiger partial charge in [-0.2, -0.15) is 0 Å². The fourth-order valence-corrected chi connectivity index (χ4v) is 2.14. The van der Waals surface area contributed by atoms with E-state index in [2.05, 4.69) is 40.1 Å². The van der Waals surface area contributed by atoms with Crippen LogP contribution in [0.15, 0.2) is 41.0 Å². The summed E-state index contributed by atoms with van der Waals surface area (Å²) in [5.41, 5.74) is 0.911. The van der Waals surface area contributed by atoms with Crippen LogP contribution in [0.4, 0.5) is 4.39 Å². The van der Waals surface area contributed by atoms with Gasteiger partial charge in [-0.3, -0.25) is 4.98 Å². The molecule has 0 aliphatic carbocycles. The highest BCUT2D eigenvalue weighted by molar-refractivity contribution is 9.10. The summed E-state index contributed by atoms with van der Waals surface area (Å²) in [6.45, 7) is 5.96. The summed E-state index contributed by atoms with van der Waals surface area (Å²) in [5.74, 6) is 1.55. The second kappa shape index (κ2) is 7.52. The van der Waals surface area contributed by atoms with Crippen molar-refractivity contribution in [2.75, 3.05) is 6.54 Å². The van der Waals surface area contributed by atoms with Gasteiger partial charge in [-0.25, -0.2) is 4.39 Å². The maximum absolute atomic E-state index is 13.2. The van der Waals surface area contributed by atoms with Crippen molar-refractivity contribution < 1.29 is 9.13 Å². The highest BCUT2D eigenvalue weighted by Gasteiger charge is 2.04. The van der Waals surface area contributed by atoms with Crippen LogP contribution in [0.5, 0.6) is 11.5 Å². The van der Waals surface area contributed by atoms with Crippen LogP contribution in [0.3, 0.4) is 0 Å². The summed E-state index contributed by atoms with van der Waals surface area (Å²) < 4.78 is 19.3. The maximum Gasteiger partial charge on any atom is 0.137 e. The van der Waals surface area contributed by atoms with E-state index in [9.17, 15) is 4.39 Å². The van der Waals surface area contributed by atoms with E-state index in [1.54, 1.807) is 24.4 Å². The standard InChI is InChI=1S/C16H18BrFN2O/c1-11(2)9-19-10-12-7-14(5-6-20-12)21-13-3-4-16(18)15(17)8-13/h3-8,11,19H,9-10H2,1-2H3. The van der Waals surface area contributed by atoms with Crippen LogP contribution in [0, 0.1) is 11.7 Å². The zero-order chi connectivity index (χ0) is 15.2. The molecule has 112 valence electrons. The summed E-state index contributed by atoms with van der Waals surface area (Å²) in [5, 5.41) is 3.33. The van der Waals surface area contributed by atoms with E-state index in [1.807, 2.05) is 6.07 Å². The molecule has 0 atom stereocenters. The number of hydrogen-bond donors (Lipinski definition) is 1. The Morgan fingerprint density at radius 1 is 1.24 bits per heavy atom. The van der Waals surface area contributed by atoms with Crippen LogP contribution in [-0.2, 0) is 6.54 Å². The Bertz CT molecular complexity index is 605. The lowest BCUT2D eigenvalue weighted by molar-refractivity contribution is 0.477. The van der Waals surface area contributed by atoms with Crippen molar-refractivity contribution in [3.8, 4) is 11.5 Å². The first-order valence-corrected chi connectivity index (χ1v) is 7.62. The first-order chi connectivity index (χ1) is 10.0. The molecule has 0 saturated heterocycles. The maximum atomic E-state index is 13.2. The highest BCUT2D eigenvalue weighted by atomic mass is 79.9. The van der Waals surface area contributed by atoms with Gasteiger partial charge in [0.05, 0.1) is 10.2 Å². The minimum atomic E-state index is -0.310. The van der Waals surface area contributed by atoms with Crippen LogP contribution < -0.4 is 10.1 Å². The number of aromatic nitrogens is 1. The Labute approximate surface area is 132 Å². The van der Waals surface area contributed by atoms with Crippen molar-refractivity contribution in [2.45, 2.75) is 20.4 Å². The van der Waals surface area contributed by atoms with Crippen LogP contribution in [0.2, 0.25) is 0 Å². The number of halogens is 2. The summed E-state index contributed by atoms with van der Waals surface area (Å²) in [6, 6.07) is 8.23. The molecule has 1 aromatic heterocycles. The van der Waals surface area contributed by atoms with Crippen molar-refractivity contribution >= 4 is 15.9 Å². The number of benzene rings is 1. The van der Waals surface area contributed by atoms with E-state index in [0.717, 1.165) is 12.2 Å². The third-order valence-electron chi connectivity index (χ3n) is 2.77. The molecular weight excluding hydrogens is 335 g/mol. The fraction of sp³-hybridized carbons (Fsp3) is 0.312. The molecule has 0 spiro atoms. The van der Waals surface area contributed by atoms with E-state index >= 15 is 0 Å². The van der Waals surface area contributed by atoms with Gasteiger partial charge in [0.15, 0.2) is 0 Å². The molecule has 0 fully saturated rings. The van der Waals surface area contributed by atoms with Gasteiger partial charge < -0.3 is 10.1 Å². The average Bonchev–Trinajstić information content (AvgIpc) is 2.43. The first kappa shape index (κ1) is 15.9. The Morgan fingerprint density at radius 2 is 2.00 bits per heavy atom. The first-order valence-electron chi connectivity index (χ1n) is 6.83. The van der Waals surface area contributed by atoms with Gasteiger partial charge in [0.2, 0.25) is 0 Å². The van der Waals surface area contributed by atoms with Gasteiger partial charge in [0.25, 0.3) is 0 Å². The van der Waals surface area contributed by atoms with Crippen LogP contribution in [0.25, 0.3) is 0 Å². The molecule has 0 aliphatic rings. The van der Waals surface area contributed by atoms with E-state index in [4.69, 9.17) is 4.74 Å². The molecule has 21 heavy (non-hydrogen) atoms. The molecule has 0 radical (unpaired) electrons. The molecule has 5 heteroatoms. The number of hydrogen-bond acceptors (Lipinski definition) is 3. The largest absolute Gasteiger partial charge is 0.457 e. The summed E-state index contributed by atoms with van der Waals surface area (Å²) in [6.07, 6.45) is 1.71. The minimum absolute atomic E-state index is 0.310. The topological polar surface area (TPSA) is 34.1 Å². The molecule has 0 amide bonds. The monoisotopic (exact) mass is 352 g/mol. The number of nitrogens with zero attached hydrogens (tertiary/aromatic N) is 1. The molecule has 0 saturated carbocycles. The zero-order valence-electron chi connectivity index (χ0n) is 12.1. The second-order valence-corrected chi connectivity index (χ2v) is 6.04. The van der Waals surface area contributed by atoms with Crippen molar-refractivity contribution in [1.82, 2.24) is 10.3 Å². The van der Waals surface area contributed by atoms with Crippen molar-refractivity contribution in [1.29, 1.82) is 0 Å². The van der Waals surface area contributed by atoms with Gasteiger partial charge in [-0.15, -0.1) is 0 Å². The predicted octanol–water partition coefficient (Wildman–Crippen LogP) is 4.52. The molecule has 0 unspecified atom stereocenters. The summed E-state index contributed by atoms with van der Waals surface area (Å²) >= 11 is 3.14. The van der Waals surface area contributed by atoms with Gasteiger partial charge >= 0.3 is 0 Å². The zero-order valence-corrected chi connectivity index (χ0v) is 13.7. The van der Waals surface area contributed by atoms with Crippen LogP contribution >= 0.6 is 15.9 Å². The molecule has 0 aliphatic heterocycles. The Kier molecular flexibility index (Phi) is 5.70. The van der Waals surface area contributed by atoms with E-state index in [-0.39, 0.29) is 5.82 Å². The molecular formula is C16H18BrFN2O. The van der Waals surface area contributed by atoms with Gasteiger partial charge in [-0.05, 0) is 52.7 Å². The molecule has 1 heterocycles. The van der Waals surface area contributed by atoms with Crippen molar-refractivity contribution in [3.05, 3.63) is 52.5 Å². The molecule has 2 aromatic rings. The quantitative estimate of drug-likeness (QED) is 0.829. The molecule has 1 aromatic carbocycles. The molecule has 0 bridgehead atoms. The van der Waals surface area contributed by atoms with Crippen LogP contribution in [0.1, 0.15) is 19.5 Å². The second-order valence-electron chi connectivity index (χ2n) is 5.19. The van der Waals surface area contributed by atoms with Gasteiger partial charge in [0, 0.05) is 18.8 Å². The average molecular weight is 353 g/mol. The number of nitrogens with one attached hydrogen (secondary N) is 1. The highest BCUT2D eigenvalue weighted by Crippen LogP contribution is 2.26. The smallest absolute Gasteiger partial charge is 0.137 e. The van der Waals surface area contributed by atoms with Crippen molar-refractivity contribution in [2.24, 2.45) is 5.92 Å². The Morgan fingerprint density at radius 3 is 2.71 bits per heavy atom. The third kappa shape index (κ3) is 5.10. The summed E-state index contributed by atoms with van der Waals surface area (Å²) in [4.78, 5) is 4.30.